The second kappa shape index (κ2) is 4.99. The highest BCUT2D eigenvalue weighted by Gasteiger charge is 2.31. The molecule has 6 heteroatoms. The summed E-state index contributed by atoms with van der Waals surface area (Å²) in [6, 6.07) is 4.09. The largest absolute Gasteiger partial charge is 0.450 e. The molecule has 0 saturated carbocycles. The van der Waals surface area contributed by atoms with Crippen LogP contribution in [0.25, 0.3) is 0 Å². The Morgan fingerprint density at radius 2 is 2.06 bits per heavy atom. The molecule has 1 aromatic carbocycles. The molecule has 1 aromatic rings. The maximum atomic E-state index is 12.4. The molecule has 0 aliphatic heterocycles. The summed E-state index contributed by atoms with van der Waals surface area (Å²) in [6.45, 7) is 1.07. The predicted molar refractivity (Wildman–Crippen MR) is 52.0 cm³/mol. The molecule has 0 unspecified atom stereocenters. The van der Waals surface area contributed by atoms with Crippen LogP contribution in [-0.2, 0) is 20.5 Å². The van der Waals surface area contributed by atoms with E-state index in [2.05, 4.69) is 4.74 Å². The van der Waals surface area contributed by atoms with Crippen molar-refractivity contribution in [2.75, 3.05) is 0 Å². The third-order valence-electron chi connectivity index (χ3n) is 1.96. The molecule has 0 aliphatic rings. The zero-order chi connectivity index (χ0) is 13.1. The molecule has 0 bridgehead atoms. The molecule has 17 heavy (non-hydrogen) atoms. The number of halogens is 3. The number of alkyl halides is 3. The highest BCUT2D eigenvalue weighted by molar-refractivity contribution is 5.71. The van der Waals surface area contributed by atoms with Crippen LogP contribution in [0.4, 0.5) is 13.2 Å². The van der Waals surface area contributed by atoms with E-state index < -0.39 is 23.8 Å². The number of ether oxygens (including phenoxy) is 1. The van der Waals surface area contributed by atoms with Gasteiger partial charge in [0.2, 0.25) is 0 Å². The van der Waals surface area contributed by atoms with Crippen molar-refractivity contribution in [2.45, 2.75) is 19.2 Å². The number of hydrogen-bond acceptors (Lipinski definition) is 3. The Bertz CT molecular complexity index is 426. The number of hydrogen-bond donors (Lipinski definition) is 0. The van der Waals surface area contributed by atoms with Crippen molar-refractivity contribution < 1.29 is 27.5 Å². The highest BCUT2D eigenvalue weighted by Crippen LogP contribution is 2.31. The Morgan fingerprint density at radius 3 is 2.53 bits per heavy atom. The molecule has 0 radical (unpaired) electrons. The smallest absolute Gasteiger partial charge is 0.416 e. The van der Waals surface area contributed by atoms with Crippen molar-refractivity contribution in [1.82, 2.24) is 0 Å². The molecule has 1 rings (SSSR count). The van der Waals surface area contributed by atoms with Crippen molar-refractivity contribution in [2.24, 2.45) is 0 Å². The van der Waals surface area contributed by atoms with E-state index in [1.807, 2.05) is 0 Å². The average Bonchev–Trinajstić information content (AvgIpc) is 2.24. The molecular weight excluding hydrogens is 237 g/mol. The fourth-order valence-corrected chi connectivity index (χ4v) is 1.25. The van der Waals surface area contributed by atoms with Gasteiger partial charge in [-0.25, -0.2) is 0 Å². The summed E-state index contributed by atoms with van der Waals surface area (Å²) in [7, 11) is 0. The van der Waals surface area contributed by atoms with Gasteiger partial charge in [-0.3, -0.25) is 9.59 Å². The van der Waals surface area contributed by atoms with Gasteiger partial charge in [-0.15, -0.1) is 0 Å². The van der Waals surface area contributed by atoms with Crippen LogP contribution in [0.5, 0.6) is 0 Å². The van der Waals surface area contributed by atoms with Gasteiger partial charge in [-0.1, -0.05) is 12.1 Å². The summed E-state index contributed by atoms with van der Waals surface area (Å²) in [5.74, 6) is -0.737. The monoisotopic (exact) mass is 246 g/mol. The second-order valence-electron chi connectivity index (χ2n) is 3.29. The van der Waals surface area contributed by atoms with Gasteiger partial charge in [-0.2, -0.15) is 13.2 Å². The average molecular weight is 246 g/mol. The molecule has 0 heterocycles. The van der Waals surface area contributed by atoms with E-state index in [4.69, 9.17) is 0 Å². The van der Waals surface area contributed by atoms with E-state index in [9.17, 15) is 22.8 Å². The van der Waals surface area contributed by atoms with Crippen LogP contribution in [0.3, 0.4) is 0 Å². The van der Waals surface area contributed by atoms with Gasteiger partial charge in [0.05, 0.1) is 5.56 Å². The number of carbonyl (C=O) groups excluding carboxylic acids is 2. The van der Waals surface area contributed by atoms with Gasteiger partial charge < -0.3 is 4.74 Å². The fourth-order valence-electron chi connectivity index (χ4n) is 1.25. The van der Waals surface area contributed by atoms with Crippen molar-refractivity contribution in [3.8, 4) is 0 Å². The van der Waals surface area contributed by atoms with Crippen LogP contribution in [0.2, 0.25) is 0 Å². The maximum Gasteiger partial charge on any atom is 0.416 e. The lowest BCUT2D eigenvalue weighted by Gasteiger charge is -2.13. The minimum atomic E-state index is -4.50. The summed E-state index contributed by atoms with van der Waals surface area (Å²) in [5, 5.41) is 0. The Labute approximate surface area is 95.2 Å². The van der Waals surface area contributed by atoms with Crippen LogP contribution < -0.4 is 0 Å². The first-order valence-corrected chi connectivity index (χ1v) is 4.64. The third-order valence-corrected chi connectivity index (χ3v) is 1.96. The second-order valence-corrected chi connectivity index (χ2v) is 3.29. The van der Waals surface area contributed by atoms with Crippen molar-refractivity contribution in [3.05, 3.63) is 35.4 Å². The highest BCUT2D eigenvalue weighted by atomic mass is 19.4. The first-order chi connectivity index (χ1) is 7.84. The van der Waals surface area contributed by atoms with Gasteiger partial charge in [0.1, 0.15) is 0 Å². The molecule has 1 atom stereocenters. The van der Waals surface area contributed by atoms with Crippen LogP contribution in [0, 0.1) is 0 Å². The molecule has 0 fully saturated rings. The number of benzene rings is 1. The van der Waals surface area contributed by atoms with Crippen LogP contribution in [0.1, 0.15) is 24.2 Å². The molecule has 0 aliphatic carbocycles. The summed E-state index contributed by atoms with van der Waals surface area (Å²) < 4.78 is 41.8. The van der Waals surface area contributed by atoms with Crippen molar-refractivity contribution >= 4 is 12.3 Å². The van der Waals surface area contributed by atoms with Gasteiger partial charge in [0.25, 0.3) is 0 Å². The molecule has 0 N–H and O–H groups in total. The Balaban J connectivity index is 3.05. The minimum absolute atomic E-state index is 0.00924. The minimum Gasteiger partial charge on any atom is -0.450 e. The predicted octanol–water partition coefficient (Wildman–Crippen LogP) is 2.51. The van der Waals surface area contributed by atoms with E-state index in [1.165, 1.54) is 6.07 Å². The van der Waals surface area contributed by atoms with Gasteiger partial charge in [0, 0.05) is 12.5 Å². The fraction of sp³-hybridized carbons (Fsp3) is 0.273. The first kappa shape index (κ1) is 13.2. The van der Waals surface area contributed by atoms with E-state index >= 15 is 0 Å². The van der Waals surface area contributed by atoms with Crippen molar-refractivity contribution in [3.63, 3.8) is 0 Å². The molecule has 0 amide bonds. The Hall–Kier alpha value is -1.85. The number of aldehydes is 1. The lowest BCUT2D eigenvalue weighted by Crippen LogP contribution is -2.11. The molecule has 0 aromatic heterocycles. The maximum absolute atomic E-state index is 12.4. The van der Waals surface area contributed by atoms with Gasteiger partial charge >= 0.3 is 12.1 Å². The number of rotatable bonds is 3. The first-order valence-electron chi connectivity index (χ1n) is 4.64. The quantitative estimate of drug-likeness (QED) is 0.608. The standard InChI is InChI=1S/C11H9F3O3/c1-7(16)17-10(6-15)8-3-2-4-9(5-8)11(12,13)14/h2-6,10H,1H3/t10-/m1/s1. The summed E-state index contributed by atoms with van der Waals surface area (Å²) in [4.78, 5) is 21.3. The van der Waals surface area contributed by atoms with E-state index in [0.717, 1.165) is 25.1 Å². The van der Waals surface area contributed by atoms with E-state index in [0.29, 0.717) is 0 Å². The number of esters is 1. The summed E-state index contributed by atoms with van der Waals surface area (Å²) in [5.41, 5.74) is -0.904. The Morgan fingerprint density at radius 1 is 1.41 bits per heavy atom. The molecule has 0 saturated heterocycles. The zero-order valence-electron chi connectivity index (χ0n) is 8.82. The summed E-state index contributed by atoms with van der Waals surface area (Å²) >= 11 is 0. The van der Waals surface area contributed by atoms with E-state index in [1.54, 1.807) is 0 Å². The third kappa shape index (κ3) is 3.58. The number of carbonyl (C=O) groups is 2. The van der Waals surface area contributed by atoms with E-state index in [-0.39, 0.29) is 11.8 Å². The Kier molecular flexibility index (Phi) is 3.88. The zero-order valence-corrected chi connectivity index (χ0v) is 8.82. The SMILES string of the molecule is CC(=O)O[C@H](C=O)c1cccc(C(F)(F)F)c1. The lowest BCUT2D eigenvalue weighted by atomic mass is 10.1. The summed E-state index contributed by atoms with van der Waals surface area (Å²) in [6.07, 6.45) is -5.54. The lowest BCUT2D eigenvalue weighted by molar-refractivity contribution is -0.149. The van der Waals surface area contributed by atoms with Gasteiger partial charge in [0.15, 0.2) is 12.4 Å². The molecule has 92 valence electrons. The van der Waals surface area contributed by atoms with Crippen molar-refractivity contribution in [1.29, 1.82) is 0 Å². The van der Waals surface area contributed by atoms with Gasteiger partial charge in [-0.05, 0) is 12.1 Å². The topological polar surface area (TPSA) is 43.4 Å². The normalized spacial score (nSPS) is 12.9. The van der Waals surface area contributed by atoms with Crippen LogP contribution in [0.15, 0.2) is 24.3 Å². The molecular formula is C11H9F3O3. The van der Waals surface area contributed by atoms with Crippen LogP contribution in [-0.4, -0.2) is 12.3 Å². The molecule has 0 spiro atoms. The van der Waals surface area contributed by atoms with Crippen LogP contribution >= 0.6 is 0 Å². The molecule has 3 nitrogen and oxygen atoms in total.